The zero-order chi connectivity index (χ0) is 16.4. The molecule has 0 saturated carbocycles. The smallest absolute Gasteiger partial charge is 0.335 e. The first-order chi connectivity index (χ1) is 9.57. The Balaban J connectivity index is 3.27. The Kier molecular flexibility index (Phi) is 5.49. The van der Waals surface area contributed by atoms with Crippen LogP contribution in [0.1, 0.15) is 21.5 Å². The summed E-state index contributed by atoms with van der Waals surface area (Å²) in [5.74, 6) is -1.13. The van der Waals surface area contributed by atoms with Crippen LogP contribution in [0.4, 0.5) is 0 Å². The Hall–Kier alpha value is -1.44. The van der Waals surface area contributed by atoms with Crippen molar-refractivity contribution in [2.45, 2.75) is 18.7 Å². The highest BCUT2D eigenvalue weighted by Gasteiger charge is 2.25. The van der Waals surface area contributed by atoms with E-state index in [0.717, 1.165) is 0 Å². The number of nitrogens with zero attached hydrogens (tertiary/aromatic N) is 2. The van der Waals surface area contributed by atoms with E-state index in [-0.39, 0.29) is 10.5 Å². The van der Waals surface area contributed by atoms with E-state index >= 15 is 0 Å². The van der Waals surface area contributed by atoms with Gasteiger partial charge in [0.1, 0.15) is 0 Å². The van der Waals surface area contributed by atoms with Crippen LogP contribution in [-0.4, -0.2) is 62.9 Å². The van der Waals surface area contributed by atoms with Crippen LogP contribution in [0.15, 0.2) is 17.0 Å². The maximum absolute atomic E-state index is 12.6. The van der Waals surface area contributed by atoms with Gasteiger partial charge in [0, 0.05) is 20.1 Å². The molecule has 0 aromatic heterocycles. The van der Waals surface area contributed by atoms with E-state index in [2.05, 4.69) is 0 Å². The molecule has 1 aromatic rings. The maximum atomic E-state index is 12.6. The Morgan fingerprint density at radius 1 is 1.14 bits per heavy atom. The summed E-state index contributed by atoms with van der Waals surface area (Å²) in [6, 6.07) is 2.71. The van der Waals surface area contributed by atoms with Crippen LogP contribution >= 0.6 is 0 Å². The predicted octanol–water partition coefficient (Wildman–Crippen LogP) is 1.18. The number of likely N-dealkylation sites (N-methyl/N-ethyl adjacent to an activating group) is 2. The van der Waals surface area contributed by atoms with Crippen LogP contribution < -0.4 is 0 Å². The lowest BCUT2D eigenvalue weighted by Crippen LogP contribution is -2.34. The van der Waals surface area contributed by atoms with Gasteiger partial charge in [-0.15, -0.1) is 0 Å². The molecule has 1 N–H and O–H groups in total. The molecule has 0 radical (unpaired) electrons. The van der Waals surface area contributed by atoms with Crippen molar-refractivity contribution in [2.24, 2.45) is 0 Å². The zero-order valence-electron chi connectivity index (χ0n) is 13.0. The molecule has 1 aromatic carbocycles. The van der Waals surface area contributed by atoms with Crippen molar-refractivity contribution in [1.29, 1.82) is 0 Å². The number of carbonyl (C=O) groups is 1. The second-order valence-electron chi connectivity index (χ2n) is 5.35. The van der Waals surface area contributed by atoms with Crippen LogP contribution in [0.2, 0.25) is 0 Å². The molecule has 0 bridgehead atoms. The number of hydrogen-bond donors (Lipinski definition) is 1. The van der Waals surface area contributed by atoms with Crippen LogP contribution in [-0.2, 0) is 10.0 Å². The third-order valence-electron chi connectivity index (χ3n) is 3.42. The Morgan fingerprint density at radius 3 is 2.19 bits per heavy atom. The van der Waals surface area contributed by atoms with Gasteiger partial charge in [-0.1, -0.05) is 0 Å². The number of carboxylic acid groups (broad SMARTS) is 1. The monoisotopic (exact) mass is 314 g/mol. The molecule has 0 saturated heterocycles. The van der Waals surface area contributed by atoms with Crippen molar-refractivity contribution >= 4 is 16.0 Å². The molecule has 0 amide bonds. The first-order valence-corrected chi connectivity index (χ1v) is 7.97. The highest BCUT2D eigenvalue weighted by molar-refractivity contribution is 7.89. The van der Waals surface area contributed by atoms with Gasteiger partial charge in [-0.05, 0) is 51.2 Å². The summed E-state index contributed by atoms with van der Waals surface area (Å²) in [5.41, 5.74) is 1.21. The predicted molar refractivity (Wildman–Crippen MR) is 81.2 cm³/mol. The van der Waals surface area contributed by atoms with E-state index in [4.69, 9.17) is 5.11 Å². The molecule has 6 nitrogen and oxygen atoms in total. The minimum atomic E-state index is -3.70. The maximum Gasteiger partial charge on any atom is 0.335 e. The molecule has 0 fully saturated rings. The van der Waals surface area contributed by atoms with Gasteiger partial charge >= 0.3 is 5.97 Å². The van der Waals surface area contributed by atoms with E-state index in [1.54, 1.807) is 13.8 Å². The molecule has 0 heterocycles. The van der Waals surface area contributed by atoms with Crippen LogP contribution in [0.5, 0.6) is 0 Å². The highest BCUT2D eigenvalue weighted by Crippen LogP contribution is 2.23. The highest BCUT2D eigenvalue weighted by atomic mass is 32.2. The van der Waals surface area contributed by atoms with Gasteiger partial charge in [0.05, 0.1) is 10.5 Å². The molecule has 0 unspecified atom stereocenters. The lowest BCUT2D eigenvalue weighted by Gasteiger charge is -2.21. The third kappa shape index (κ3) is 4.03. The average Bonchev–Trinajstić information content (AvgIpc) is 2.38. The summed E-state index contributed by atoms with van der Waals surface area (Å²) in [5, 5.41) is 9.09. The zero-order valence-corrected chi connectivity index (χ0v) is 13.9. The van der Waals surface area contributed by atoms with E-state index in [9.17, 15) is 13.2 Å². The van der Waals surface area contributed by atoms with Gasteiger partial charge in [-0.25, -0.2) is 13.2 Å². The number of aryl methyl sites for hydroxylation is 1. The number of aromatic carboxylic acids is 1. The SMILES string of the molecule is Cc1cc(C(=O)O)cc(S(=O)(=O)N(C)CCN(C)C)c1C. The van der Waals surface area contributed by atoms with Crippen LogP contribution in [0, 0.1) is 13.8 Å². The van der Waals surface area contributed by atoms with Gasteiger partial charge in [0.25, 0.3) is 0 Å². The normalized spacial score (nSPS) is 12.1. The molecular weight excluding hydrogens is 292 g/mol. The van der Waals surface area contributed by atoms with Gasteiger partial charge in [0.15, 0.2) is 0 Å². The van der Waals surface area contributed by atoms with Crippen molar-refractivity contribution in [3.63, 3.8) is 0 Å². The summed E-state index contributed by atoms with van der Waals surface area (Å²) < 4.78 is 26.5. The Bertz CT molecular complexity index is 639. The van der Waals surface area contributed by atoms with Crippen molar-refractivity contribution in [2.75, 3.05) is 34.2 Å². The minimum absolute atomic E-state index is 0.0160. The van der Waals surface area contributed by atoms with E-state index in [1.165, 1.54) is 23.5 Å². The molecular formula is C14H22N2O4S. The second kappa shape index (κ2) is 6.55. The Labute approximate surface area is 126 Å². The Morgan fingerprint density at radius 2 is 1.71 bits per heavy atom. The van der Waals surface area contributed by atoms with E-state index < -0.39 is 16.0 Å². The fourth-order valence-electron chi connectivity index (χ4n) is 1.85. The molecule has 0 aliphatic heterocycles. The average molecular weight is 314 g/mol. The molecule has 7 heteroatoms. The lowest BCUT2D eigenvalue weighted by molar-refractivity contribution is 0.0696. The number of carboxylic acids is 1. The first kappa shape index (κ1) is 17.6. The first-order valence-electron chi connectivity index (χ1n) is 6.53. The number of sulfonamides is 1. The lowest BCUT2D eigenvalue weighted by atomic mass is 10.1. The van der Waals surface area contributed by atoms with E-state index in [1.807, 2.05) is 19.0 Å². The summed E-state index contributed by atoms with van der Waals surface area (Å²) in [4.78, 5) is 13.1. The number of benzene rings is 1. The van der Waals surface area contributed by atoms with Crippen molar-refractivity contribution in [3.05, 3.63) is 28.8 Å². The summed E-state index contributed by atoms with van der Waals surface area (Å²) in [6.45, 7) is 4.33. The van der Waals surface area contributed by atoms with Crippen LogP contribution in [0.3, 0.4) is 0 Å². The van der Waals surface area contributed by atoms with Gasteiger partial charge in [-0.2, -0.15) is 4.31 Å². The topological polar surface area (TPSA) is 77.9 Å². The molecule has 21 heavy (non-hydrogen) atoms. The van der Waals surface area contributed by atoms with Crippen molar-refractivity contribution < 1.29 is 18.3 Å². The third-order valence-corrected chi connectivity index (χ3v) is 5.40. The minimum Gasteiger partial charge on any atom is -0.478 e. The fourth-order valence-corrected chi connectivity index (χ4v) is 3.33. The molecule has 0 aliphatic carbocycles. The molecule has 0 atom stereocenters. The van der Waals surface area contributed by atoms with Gasteiger partial charge in [0.2, 0.25) is 10.0 Å². The van der Waals surface area contributed by atoms with Crippen LogP contribution in [0.25, 0.3) is 0 Å². The number of rotatable bonds is 6. The van der Waals surface area contributed by atoms with E-state index in [0.29, 0.717) is 24.2 Å². The number of hydrogen-bond acceptors (Lipinski definition) is 4. The van der Waals surface area contributed by atoms with Crippen molar-refractivity contribution in [3.8, 4) is 0 Å². The summed E-state index contributed by atoms with van der Waals surface area (Å²) in [7, 11) is 1.52. The molecule has 0 aliphatic rings. The van der Waals surface area contributed by atoms with Gasteiger partial charge < -0.3 is 10.0 Å². The van der Waals surface area contributed by atoms with Gasteiger partial charge in [-0.3, -0.25) is 0 Å². The molecule has 1 rings (SSSR count). The van der Waals surface area contributed by atoms with Crippen molar-refractivity contribution in [1.82, 2.24) is 9.21 Å². The standard InChI is InChI=1S/C14H22N2O4S/c1-10-8-12(14(17)18)9-13(11(10)2)21(19,20)16(5)7-6-15(3)4/h8-9H,6-7H2,1-5H3,(H,17,18). The fraction of sp³-hybridized carbons (Fsp3) is 0.500. The molecule has 118 valence electrons. The summed E-state index contributed by atoms with van der Waals surface area (Å²) in [6.07, 6.45) is 0. The largest absolute Gasteiger partial charge is 0.478 e. The quantitative estimate of drug-likeness (QED) is 0.853. The molecule has 0 spiro atoms. The second-order valence-corrected chi connectivity index (χ2v) is 7.36. The summed E-state index contributed by atoms with van der Waals surface area (Å²) >= 11 is 0.